The molecule has 0 bridgehead atoms. The highest BCUT2D eigenvalue weighted by Crippen LogP contribution is 2.33. The van der Waals surface area contributed by atoms with Gasteiger partial charge in [-0.15, -0.1) is 12.4 Å². The summed E-state index contributed by atoms with van der Waals surface area (Å²) in [6.07, 6.45) is 0. The minimum Gasteiger partial charge on any atom is -0.338 e. The maximum atomic E-state index is 14.1. The minimum absolute atomic E-state index is 0. The van der Waals surface area contributed by atoms with Crippen LogP contribution in [0.3, 0.4) is 0 Å². The van der Waals surface area contributed by atoms with Crippen molar-refractivity contribution in [1.82, 2.24) is 4.90 Å². The number of nitrogens with zero attached hydrogens (tertiary/aromatic N) is 2. The van der Waals surface area contributed by atoms with Crippen LogP contribution in [0.2, 0.25) is 0 Å². The standard InChI is InChI=1S/C18H18FN3O3.ClH/c19-17-8-14(22(24)25)6-7-15(17)18(23)21-10-13(9-20)16(11-21)12-4-2-1-3-5-12;/h1-8,13,16H,9-11,20H2;1H/t13-,16+;/m1./s1. The van der Waals surface area contributed by atoms with E-state index in [2.05, 4.69) is 0 Å². The number of rotatable bonds is 4. The zero-order valence-corrected chi connectivity index (χ0v) is 14.7. The molecular formula is C18H19ClFN3O3. The van der Waals surface area contributed by atoms with Gasteiger partial charge >= 0.3 is 0 Å². The fraction of sp³-hybridized carbons (Fsp3) is 0.278. The maximum absolute atomic E-state index is 14.1. The second-order valence-corrected chi connectivity index (χ2v) is 6.14. The first-order valence-electron chi connectivity index (χ1n) is 7.99. The van der Waals surface area contributed by atoms with Gasteiger partial charge < -0.3 is 10.6 Å². The third kappa shape index (κ3) is 3.84. The predicted octanol–water partition coefficient (Wildman–Crippen LogP) is 2.97. The van der Waals surface area contributed by atoms with Crippen molar-refractivity contribution >= 4 is 24.0 Å². The molecule has 0 saturated carbocycles. The van der Waals surface area contributed by atoms with Gasteiger partial charge in [0.15, 0.2) is 0 Å². The molecule has 2 aromatic rings. The molecule has 0 radical (unpaired) electrons. The number of likely N-dealkylation sites (tertiary alicyclic amines) is 1. The summed E-state index contributed by atoms with van der Waals surface area (Å²) in [5.41, 5.74) is 6.42. The smallest absolute Gasteiger partial charge is 0.272 e. The number of nitrogens with two attached hydrogens (primary N) is 1. The normalized spacial score (nSPS) is 19.1. The molecule has 0 aliphatic carbocycles. The van der Waals surface area contributed by atoms with Gasteiger partial charge in [-0.1, -0.05) is 30.3 Å². The van der Waals surface area contributed by atoms with Gasteiger partial charge in [0, 0.05) is 25.1 Å². The molecule has 26 heavy (non-hydrogen) atoms. The quantitative estimate of drug-likeness (QED) is 0.653. The van der Waals surface area contributed by atoms with Gasteiger partial charge in [0.2, 0.25) is 0 Å². The number of hydrogen-bond acceptors (Lipinski definition) is 4. The summed E-state index contributed by atoms with van der Waals surface area (Å²) < 4.78 is 14.1. The van der Waals surface area contributed by atoms with Gasteiger partial charge in [-0.3, -0.25) is 14.9 Å². The maximum Gasteiger partial charge on any atom is 0.272 e. The number of halogens is 2. The summed E-state index contributed by atoms with van der Waals surface area (Å²) in [5.74, 6) is -1.17. The van der Waals surface area contributed by atoms with Crippen molar-refractivity contribution in [2.75, 3.05) is 19.6 Å². The lowest BCUT2D eigenvalue weighted by molar-refractivity contribution is -0.385. The van der Waals surface area contributed by atoms with E-state index in [-0.39, 0.29) is 35.5 Å². The number of nitro groups is 1. The van der Waals surface area contributed by atoms with Crippen molar-refractivity contribution in [2.24, 2.45) is 11.7 Å². The van der Waals surface area contributed by atoms with Gasteiger partial charge in [-0.05, 0) is 24.1 Å². The molecule has 2 aromatic carbocycles. The molecule has 6 nitrogen and oxygen atoms in total. The van der Waals surface area contributed by atoms with E-state index >= 15 is 0 Å². The number of carbonyl (C=O) groups excluding carboxylic acids is 1. The lowest BCUT2D eigenvalue weighted by Gasteiger charge is -2.17. The molecule has 2 N–H and O–H groups in total. The average molecular weight is 380 g/mol. The largest absolute Gasteiger partial charge is 0.338 e. The summed E-state index contributed by atoms with van der Waals surface area (Å²) in [6.45, 7) is 1.30. The fourth-order valence-corrected chi connectivity index (χ4v) is 3.32. The Morgan fingerprint density at radius 3 is 2.50 bits per heavy atom. The second-order valence-electron chi connectivity index (χ2n) is 6.14. The fourth-order valence-electron chi connectivity index (χ4n) is 3.32. The molecule has 0 unspecified atom stereocenters. The van der Waals surface area contributed by atoms with E-state index in [1.807, 2.05) is 30.3 Å². The number of hydrogen-bond donors (Lipinski definition) is 1. The topological polar surface area (TPSA) is 89.5 Å². The van der Waals surface area contributed by atoms with E-state index in [1.54, 1.807) is 4.90 Å². The Morgan fingerprint density at radius 2 is 1.92 bits per heavy atom. The molecule has 2 atom stereocenters. The zero-order chi connectivity index (χ0) is 18.0. The highest BCUT2D eigenvalue weighted by molar-refractivity contribution is 5.95. The molecule has 1 aliphatic rings. The molecule has 1 fully saturated rings. The van der Waals surface area contributed by atoms with Crippen LogP contribution in [0.25, 0.3) is 0 Å². The van der Waals surface area contributed by atoms with Crippen LogP contribution in [-0.4, -0.2) is 35.4 Å². The summed E-state index contributed by atoms with van der Waals surface area (Å²) in [4.78, 5) is 24.2. The van der Waals surface area contributed by atoms with Crippen LogP contribution in [0.1, 0.15) is 21.8 Å². The monoisotopic (exact) mass is 379 g/mol. The first kappa shape index (κ1) is 19.8. The van der Waals surface area contributed by atoms with Gasteiger partial charge in [0.05, 0.1) is 16.6 Å². The number of non-ortho nitro benzene ring substituents is 1. The highest BCUT2D eigenvalue weighted by atomic mass is 35.5. The molecule has 1 heterocycles. The summed E-state index contributed by atoms with van der Waals surface area (Å²) in [5, 5.41) is 10.7. The molecule has 1 amide bonds. The lowest BCUT2D eigenvalue weighted by Crippen LogP contribution is -2.30. The average Bonchev–Trinajstić information content (AvgIpc) is 3.06. The molecule has 1 aliphatic heterocycles. The SMILES string of the molecule is Cl.NC[C@@H]1CN(C(=O)c2ccc([N+](=O)[O-])cc2F)C[C@H]1c1ccccc1. The van der Waals surface area contributed by atoms with E-state index in [9.17, 15) is 19.3 Å². The zero-order valence-electron chi connectivity index (χ0n) is 13.9. The Morgan fingerprint density at radius 1 is 1.23 bits per heavy atom. The van der Waals surface area contributed by atoms with Crippen molar-refractivity contribution in [1.29, 1.82) is 0 Å². The van der Waals surface area contributed by atoms with E-state index < -0.39 is 16.6 Å². The van der Waals surface area contributed by atoms with Crippen LogP contribution >= 0.6 is 12.4 Å². The van der Waals surface area contributed by atoms with Gasteiger partial charge in [0.25, 0.3) is 11.6 Å². The van der Waals surface area contributed by atoms with E-state index in [4.69, 9.17) is 5.73 Å². The van der Waals surface area contributed by atoms with Gasteiger partial charge in [-0.25, -0.2) is 4.39 Å². The Hall–Kier alpha value is -2.51. The van der Waals surface area contributed by atoms with Crippen molar-refractivity contribution < 1.29 is 14.1 Å². The van der Waals surface area contributed by atoms with Crippen molar-refractivity contribution in [3.05, 3.63) is 75.6 Å². The lowest BCUT2D eigenvalue weighted by atomic mass is 9.89. The van der Waals surface area contributed by atoms with Gasteiger partial charge in [-0.2, -0.15) is 0 Å². The van der Waals surface area contributed by atoms with Crippen molar-refractivity contribution in [2.45, 2.75) is 5.92 Å². The first-order valence-corrected chi connectivity index (χ1v) is 7.99. The van der Waals surface area contributed by atoms with Crippen molar-refractivity contribution in [3.8, 4) is 0 Å². The summed E-state index contributed by atoms with van der Waals surface area (Å²) in [7, 11) is 0. The number of amides is 1. The number of carbonyl (C=O) groups is 1. The third-order valence-corrected chi connectivity index (χ3v) is 4.65. The Bertz CT molecular complexity index is 804. The second kappa shape index (κ2) is 8.25. The Balaban J connectivity index is 0.00000243. The van der Waals surface area contributed by atoms with Crippen LogP contribution in [0.5, 0.6) is 0 Å². The van der Waals surface area contributed by atoms with Crippen molar-refractivity contribution in [3.63, 3.8) is 0 Å². The highest BCUT2D eigenvalue weighted by Gasteiger charge is 2.36. The van der Waals surface area contributed by atoms with Crippen LogP contribution in [-0.2, 0) is 0 Å². The molecule has 3 rings (SSSR count). The number of nitro benzene ring substituents is 1. The Kier molecular flexibility index (Phi) is 6.28. The molecule has 0 spiro atoms. The molecule has 1 saturated heterocycles. The van der Waals surface area contributed by atoms with E-state index in [0.717, 1.165) is 17.7 Å². The third-order valence-electron chi connectivity index (χ3n) is 4.65. The van der Waals surface area contributed by atoms with Crippen LogP contribution in [0.15, 0.2) is 48.5 Å². The number of benzene rings is 2. The first-order chi connectivity index (χ1) is 12.0. The molecule has 138 valence electrons. The predicted molar refractivity (Wildman–Crippen MR) is 97.9 cm³/mol. The molecule has 0 aromatic heterocycles. The summed E-state index contributed by atoms with van der Waals surface area (Å²) >= 11 is 0. The van der Waals surface area contributed by atoms with Gasteiger partial charge in [0.1, 0.15) is 5.82 Å². The van der Waals surface area contributed by atoms with E-state index in [1.165, 1.54) is 6.07 Å². The molecule has 8 heteroatoms. The van der Waals surface area contributed by atoms with Crippen LogP contribution in [0.4, 0.5) is 10.1 Å². The summed E-state index contributed by atoms with van der Waals surface area (Å²) in [6, 6.07) is 12.9. The van der Waals surface area contributed by atoms with E-state index in [0.29, 0.717) is 19.6 Å². The molecular weight excluding hydrogens is 361 g/mol. The van der Waals surface area contributed by atoms with Crippen LogP contribution < -0.4 is 5.73 Å². The Labute approximate surface area is 156 Å². The van der Waals surface area contributed by atoms with Crippen LogP contribution in [0, 0.1) is 21.8 Å². The minimum atomic E-state index is -0.883.